The van der Waals surface area contributed by atoms with E-state index in [4.69, 9.17) is 5.11 Å². The van der Waals surface area contributed by atoms with Gasteiger partial charge >= 0.3 is 5.97 Å². The molecule has 2 N–H and O–H groups in total. The van der Waals surface area contributed by atoms with Crippen molar-refractivity contribution >= 4 is 5.97 Å². The van der Waals surface area contributed by atoms with Gasteiger partial charge in [0.05, 0.1) is 0 Å². The Balaban J connectivity index is 2.22. The molecular formula is C11H11F2NO2. The molecule has 1 aromatic carbocycles. The lowest BCUT2D eigenvalue weighted by Crippen LogP contribution is -2.30. The van der Waals surface area contributed by atoms with Gasteiger partial charge in [-0.1, -0.05) is 6.07 Å². The van der Waals surface area contributed by atoms with Gasteiger partial charge in [0.1, 0.15) is 6.04 Å². The van der Waals surface area contributed by atoms with Crippen LogP contribution in [0, 0.1) is 11.6 Å². The molecule has 1 fully saturated rings. The van der Waals surface area contributed by atoms with Gasteiger partial charge in [-0.05, 0) is 30.5 Å². The van der Waals surface area contributed by atoms with Crippen LogP contribution >= 0.6 is 0 Å². The van der Waals surface area contributed by atoms with E-state index in [-0.39, 0.29) is 11.6 Å². The molecule has 16 heavy (non-hydrogen) atoms. The van der Waals surface area contributed by atoms with Crippen LogP contribution in [0.3, 0.4) is 0 Å². The fourth-order valence-corrected chi connectivity index (χ4v) is 1.49. The third-order valence-electron chi connectivity index (χ3n) is 2.50. The molecule has 1 aliphatic carbocycles. The second kappa shape index (κ2) is 4.17. The van der Waals surface area contributed by atoms with Gasteiger partial charge in [-0.2, -0.15) is 0 Å². The van der Waals surface area contributed by atoms with Crippen molar-refractivity contribution in [1.82, 2.24) is 5.32 Å². The molecule has 0 saturated heterocycles. The van der Waals surface area contributed by atoms with Crippen molar-refractivity contribution < 1.29 is 18.7 Å². The molecule has 1 unspecified atom stereocenters. The molecule has 0 bridgehead atoms. The Morgan fingerprint density at radius 2 is 2.06 bits per heavy atom. The highest BCUT2D eigenvalue weighted by atomic mass is 19.2. The molecule has 5 heteroatoms. The minimum absolute atomic E-state index is 0.175. The van der Waals surface area contributed by atoms with Crippen molar-refractivity contribution in [3.05, 3.63) is 35.4 Å². The lowest BCUT2D eigenvalue weighted by molar-refractivity contribution is -0.139. The first-order valence-corrected chi connectivity index (χ1v) is 5.01. The zero-order valence-electron chi connectivity index (χ0n) is 8.41. The quantitative estimate of drug-likeness (QED) is 0.825. The number of carboxylic acid groups (broad SMARTS) is 1. The topological polar surface area (TPSA) is 49.3 Å². The molecule has 0 aromatic heterocycles. The van der Waals surface area contributed by atoms with Gasteiger partial charge in [-0.15, -0.1) is 0 Å². The zero-order valence-corrected chi connectivity index (χ0v) is 8.41. The van der Waals surface area contributed by atoms with Gasteiger partial charge < -0.3 is 5.11 Å². The predicted octanol–water partition coefficient (Wildman–Crippen LogP) is 1.84. The number of benzene rings is 1. The van der Waals surface area contributed by atoms with Crippen molar-refractivity contribution in [2.24, 2.45) is 0 Å². The van der Waals surface area contributed by atoms with Crippen molar-refractivity contribution in [3.63, 3.8) is 0 Å². The Hall–Kier alpha value is -1.49. The molecule has 1 aromatic rings. The Labute approximate surface area is 91.1 Å². The second-order valence-electron chi connectivity index (χ2n) is 3.89. The van der Waals surface area contributed by atoms with E-state index in [9.17, 15) is 13.6 Å². The monoisotopic (exact) mass is 227 g/mol. The van der Waals surface area contributed by atoms with Crippen molar-refractivity contribution in [3.8, 4) is 0 Å². The summed E-state index contributed by atoms with van der Waals surface area (Å²) in [4.78, 5) is 11.0. The molecule has 1 saturated carbocycles. The molecule has 1 aliphatic rings. The Kier molecular flexibility index (Phi) is 2.87. The Bertz CT molecular complexity index is 418. The SMILES string of the molecule is O=C(O)C(NC1CC1)c1ccc(F)c(F)c1. The molecule has 0 amide bonds. The number of carbonyl (C=O) groups is 1. The third kappa shape index (κ3) is 2.36. The van der Waals surface area contributed by atoms with Crippen LogP contribution in [0.25, 0.3) is 0 Å². The summed E-state index contributed by atoms with van der Waals surface area (Å²) in [6, 6.07) is 2.35. The van der Waals surface area contributed by atoms with Gasteiger partial charge in [0.15, 0.2) is 11.6 Å². The van der Waals surface area contributed by atoms with Gasteiger partial charge in [0, 0.05) is 6.04 Å². The first-order chi connectivity index (χ1) is 7.58. The summed E-state index contributed by atoms with van der Waals surface area (Å²) in [5.41, 5.74) is 0.235. The van der Waals surface area contributed by atoms with E-state index in [1.54, 1.807) is 0 Å². The van der Waals surface area contributed by atoms with Crippen LogP contribution in [-0.2, 0) is 4.79 Å². The summed E-state index contributed by atoms with van der Waals surface area (Å²) in [5, 5.41) is 11.8. The van der Waals surface area contributed by atoms with Crippen LogP contribution in [0.15, 0.2) is 18.2 Å². The maximum Gasteiger partial charge on any atom is 0.325 e. The predicted molar refractivity (Wildman–Crippen MR) is 52.9 cm³/mol. The summed E-state index contributed by atoms with van der Waals surface area (Å²) in [7, 11) is 0. The van der Waals surface area contributed by atoms with Crippen LogP contribution < -0.4 is 5.32 Å². The molecule has 0 heterocycles. The minimum atomic E-state index is -1.09. The first-order valence-electron chi connectivity index (χ1n) is 5.01. The number of hydrogen-bond acceptors (Lipinski definition) is 2. The number of halogens is 2. The van der Waals surface area contributed by atoms with Gasteiger partial charge in [-0.25, -0.2) is 8.78 Å². The minimum Gasteiger partial charge on any atom is -0.480 e. The lowest BCUT2D eigenvalue weighted by atomic mass is 10.1. The van der Waals surface area contributed by atoms with Gasteiger partial charge in [0.25, 0.3) is 0 Å². The maximum atomic E-state index is 13.0. The standard InChI is InChI=1S/C11H11F2NO2/c12-8-4-1-6(5-9(8)13)10(11(15)16)14-7-2-3-7/h1,4-5,7,10,14H,2-3H2,(H,15,16). The van der Waals surface area contributed by atoms with E-state index >= 15 is 0 Å². The number of carboxylic acids is 1. The molecule has 2 rings (SSSR count). The van der Waals surface area contributed by atoms with Crippen molar-refractivity contribution in [1.29, 1.82) is 0 Å². The zero-order chi connectivity index (χ0) is 11.7. The highest BCUT2D eigenvalue weighted by Crippen LogP contribution is 2.25. The molecule has 0 aliphatic heterocycles. The normalized spacial score (nSPS) is 17.1. The lowest BCUT2D eigenvalue weighted by Gasteiger charge is -2.14. The fraction of sp³-hybridized carbons (Fsp3) is 0.364. The molecule has 3 nitrogen and oxygen atoms in total. The summed E-state index contributed by atoms with van der Waals surface area (Å²) in [5.74, 6) is -3.08. The van der Waals surface area contributed by atoms with E-state index in [2.05, 4.69) is 5.32 Å². The molecule has 86 valence electrons. The Morgan fingerprint density at radius 1 is 1.38 bits per heavy atom. The first kappa shape index (κ1) is 11.0. The van der Waals surface area contributed by atoms with Crippen molar-refractivity contribution in [2.75, 3.05) is 0 Å². The average Bonchev–Trinajstić information content (AvgIpc) is 3.02. The van der Waals surface area contributed by atoms with Crippen LogP contribution in [0.1, 0.15) is 24.4 Å². The van der Waals surface area contributed by atoms with E-state index in [0.717, 1.165) is 25.0 Å². The molecule has 0 spiro atoms. The van der Waals surface area contributed by atoms with Crippen molar-refractivity contribution in [2.45, 2.75) is 24.9 Å². The second-order valence-corrected chi connectivity index (χ2v) is 3.89. The number of hydrogen-bond donors (Lipinski definition) is 2. The molecular weight excluding hydrogens is 216 g/mol. The highest BCUT2D eigenvalue weighted by Gasteiger charge is 2.29. The number of rotatable bonds is 4. The average molecular weight is 227 g/mol. The van der Waals surface area contributed by atoms with Gasteiger partial charge in [0.2, 0.25) is 0 Å². The summed E-state index contributed by atoms with van der Waals surface area (Å²) >= 11 is 0. The van der Waals surface area contributed by atoms with Crippen LogP contribution in [0.4, 0.5) is 8.78 Å². The molecule has 1 atom stereocenters. The van der Waals surface area contributed by atoms with E-state index in [0.29, 0.717) is 0 Å². The summed E-state index contributed by atoms with van der Waals surface area (Å²) in [6.07, 6.45) is 1.85. The van der Waals surface area contributed by atoms with E-state index < -0.39 is 23.6 Å². The fourth-order valence-electron chi connectivity index (χ4n) is 1.49. The largest absolute Gasteiger partial charge is 0.480 e. The van der Waals surface area contributed by atoms with Crippen LogP contribution in [-0.4, -0.2) is 17.1 Å². The van der Waals surface area contributed by atoms with Gasteiger partial charge in [-0.3, -0.25) is 10.1 Å². The number of aliphatic carboxylic acids is 1. The number of nitrogens with one attached hydrogen (secondary N) is 1. The van der Waals surface area contributed by atoms with E-state index in [1.165, 1.54) is 6.07 Å². The highest BCUT2D eigenvalue weighted by molar-refractivity contribution is 5.75. The van der Waals surface area contributed by atoms with E-state index in [1.807, 2.05) is 0 Å². The van der Waals surface area contributed by atoms with Crippen LogP contribution in [0.2, 0.25) is 0 Å². The Morgan fingerprint density at radius 3 is 2.56 bits per heavy atom. The molecule has 0 radical (unpaired) electrons. The van der Waals surface area contributed by atoms with Crippen LogP contribution in [0.5, 0.6) is 0 Å². The third-order valence-corrected chi connectivity index (χ3v) is 2.50. The maximum absolute atomic E-state index is 13.0. The summed E-state index contributed by atoms with van der Waals surface area (Å²) < 4.78 is 25.7. The summed E-state index contributed by atoms with van der Waals surface area (Å²) in [6.45, 7) is 0. The smallest absolute Gasteiger partial charge is 0.325 e.